The number of benzene rings is 1. The molecule has 1 aromatic carbocycles. The molecule has 1 rings (SSSR count). The van der Waals surface area contributed by atoms with E-state index in [-0.39, 0.29) is 0 Å². The smallest absolute Gasteiger partial charge is 0.0399 e. The number of nitrogens with one attached hydrogen (secondary N) is 1. The molecule has 74 valence electrons. The lowest BCUT2D eigenvalue weighted by Crippen LogP contribution is -2.03. The summed E-state index contributed by atoms with van der Waals surface area (Å²) in [5, 5.41) is 3.41. The summed E-state index contributed by atoms with van der Waals surface area (Å²) in [5.41, 5.74) is 3.86. The van der Waals surface area contributed by atoms with Gasteiger partial charge < -0.3 is 5.32 Å². The fourth-order valence-corrected chi connectivity index (χ4v) is 1.47. The lowest BCUT2D eigenvalue weighted by atomic mass is 10.1. The third-order valence-electron chi connectivity index (χ3n) is 2.21. The van der Waals surface area contributed by atoms with Crippen LogP contribution in [0.2, 0.25) is 0 Å². The number of hydrogen-bond donors (Lipinski definition) is 1. The van der Waals surface area contributed by atoms with Crippen molar-refractivity contribution in [2.24, 2.45) is 0 Å². The largest absolute Gasteiger partial charge is 0.384 e. The molecule has 0 atom stereocenters. The second-order valence-corrected chi connectivity index (χ2v) is 3.37. The molecule has 0 bridgehead atoms. The molecule has 14 heavy (non-hydrogen) atoms. The Bertz CT molecular complexity index is 335. The molecule has 0 aliphatic rings. The van der Waals surface area contributed by atoms with Crippen LogP contribution in [-0.2, 0) is 0 Å². The van der Waals surface area contributed by atoms with Crippen LogP contribution in [0.25, 0.3) is 0 Å². The van der Waals surface area contributed by atoms with E-state index < -0.39 is 0 Å². The van der Waals surface area contributed by atoms with Gasteiger partial charge in [-0.2, -0.15) is 0 Å². The second-order valence-electron chi connectivity index (χ2n) is 3.37. The molecule has 0 unspecified atom stereocenters. The van der Waals surface area contributed by atoms with E-state index in [9.17, 15) is 0 Å². The number of hydrogen-bond acceptors (Lipinski definition) is 1. The lowest BCUT2D eigenvalue weighted by Gasteiger charge is -2.10. The average molecular weight is 187 g/mol. The van der Waals surface area contributed by atoms with Crippen LogP contribution < -0.4 is 5.32 Å². The molecule has 0 heterocycles. The lowest BCUT2D eigenvalue weighted by molar-refractivity contribution is 1.08. The SMILES string of the molecule is CC#CCCNc1c(C)cccc1C. The molecule has 0 saturated heterocycles. The van der Waals surface area contributed by atoms with Crippen molar-refractivity contribution in [2.75, 3.05) is 11.9 Å². The van der Waals surface area contributed by atoms with Crippen LogP contribution in [0.4, 0.5) is 5.69 Å². The van der Waals surface area contributed by atoms with E-state index in [1.54, 1.807) is 0 Å². The first-order valence-corrected chi connectivity index (χ1v) is 4.95. The molecular weight excluding hydrogens is 170 g/mol. The van der Waals surface area contributed by atoms with E-state index in [4.69, 9.17) is 0 Å². The molecule has 1 heteroatoms. The van der Waals surface area contributed by atoms with Crippen molar-refractivity contribution in [2.45, 2.75) is 27.2 Å². The molecular formula is C13H17N. The summed E-state index contributed by atoms with van der Waals surface area (Å²) >= 11 is 0. The third kappa shape index (κ3) is 2.81. The van der Waals surface area contributed by atoms with Gasteiger partial charge in [0.2, 0.25) is 0 Å². The van der Waals surface area contributed by atoms with Crippen LogP contribution in [-0.4, -0.2) is 6.54 Å². The number of para-hydroxylation sites is 1. The summed E-state index contributed by atoms with van der Waals surface area (Å²) in [7, 11) is 0. The fourth-order valence-electron chi connectivity index (χ4n) is 1.47. The zero-order valence-corrected chi connectivity index (χ0v) is 9.15. The first kappa shape index (κ1) is 10.7. The predicted molar refractivity (Wildman–Crippen MR) is 62.5 cm³/mol. The quantitative estimate of drug-likeness (QED) is 0.566. The van der Waals surface area contributed by atoms with Crippen molar-refractivity contribution in [1.29, 1.82) is 0 Å². The van der Waals surface area contributed by atoms with Crippen LogP contribution in [0.5, 0.6) is 0 Å². The summed E-state index contributed by atoms with van der Waals surface area (Å²) < 4.78 is 0. The highest BCUT2D eigenvalue weighted by Crippen LogP contribution is 2.18. The molecule has 0 saturated carbocycles. The highest BCUT2D eigenvalue weighted by Gasteiger charge is 1.99. The van der Waals surface area contributed by atoms with Gasteiger partial charge >= 0.3 is 0 Å². The van der Waals surface area contributed by atoms with Gasteiger partial charge in [0.05, 0.1) is 0 Å². The van der Waals surface area contributed by atoms with Crippen molar-refractivity contribution < 1.29 is 0 Å². The van der Waals surface area contributed by atoms with Crippen LogP contribution in [0, 0.1) is 25.7 Å². The Balaban J connectivity index is 2.60. The van der Waals surface area contributed by atoms with E-state index in [0.717, 1.165) is 13.0 Å². The van der Waals surface area contributed by atoms with Crippen LogP contribution in [0.15, 0.2) is 18.2 Å². The van der Waals surface area contributed by atoms with Gasteiger partial charge in [-0.25, -0.2) is 0 Å². The van der Waals surface area contributed by atoms with Gasteiger partial charge in [-0.05, 0) is 31.9 Å². The Hall–Kier alpha value is -1.42. The molecule has 1 nitrogen and oxygen atoms in total. The van der Waals surface area contributed by atoms with Gasteiger partial charge in [-0.3, -0.25) is 0 Å². The topological polar surface area (TPSA) is 12.0 Å². The monoisotopic (exact) mass is 187 g/mol. The van der Waals surface area contributed by atoms with Gasteiger partial charge in [0.1, 0.15) is 0 Å². The Kier molecular flexibility index (Phi) is 4.07. The van der Waals surface area contributed by atoms with Crippen LogP contribution in [0.1, 0.15) is 24.5 Å². The van der Waals surface area contributed by atoms with Crippen molar-refractivity contribution in [1.82, 2.24) is 0 Å². The minimum Gasteiger partial charge on any atom is -0.384 e. The fraction of sp³-hybridized carbons (Fsp3) is 0.385. The van der Waals surface area contributed by atoms with E-state index in [1.165, 1.54) is 16.8 Å². The first-order chi connectivity index (χ1) is 6.75. The maximum atomic E-state index is 3.41. The molecule has 1 aromatic rings. The van der Waals surface area contributed by atoms with Crippen molar-refractivity contribution >= 4 is 5.69 Å². The van der Waals surface area contributed by atoms with Crippen LogP contribution in [0.3, 0.4) is 0 Å². The van der Waals surface area contributed by atoms with E-state index in [2.05, 4.69) is 49.2 Å². The Morgan fingerprint density at radius 3 is 2.43 bits per heavy atom. The first-order valence-electron chi connectivity index (χ1n) is 4.95. The third-order valence-corrected chi connectivity index (χ3v) is 2.21. The standard InChI is InChI=1S/C13H17N/c1-4-5-6-10-14-13-11(2)8-7-9-12(13)3/h7-9,14H,6,10H2,1-3H3. The molecule has 0 aliphatic carbocycles. The molecule has 0 amide bonds. The Labute approximate surface area is 86.5 Å². The Morgan fingerprint density at radius 1 is 1.21 bits per heavy atom. The number of anilines is 1. The van der Waals surface area contributed by atoms with Crippen molar-refractivity contribution in [3.8, 4) is 11.8 Å². The number of rotatable bonds is 3. The average Bonchev–Trinajstić information content (AvgIpc) is 2.16. The van der Waals surface area contributed by atoms with Gasteiger partial charge in [-0.1, -0.05) is 18.2 Å². The van der Waals surface area contributed by atoms with Gasteiger partial charge in [0.25, 0.3) is 0 Å². The highest BCUT2D eigenvalue weighted by atomic mass is 14.9. The summed E-state index contributed by atoms with van der Waals surface area (Å²) in [6.07, 6.45) is 0.907. The van der Waals surface area contributed by atoms with Gasteiger partial charge in [-0.15, -0.1) is 11.8 Å². The molecule has 0 aliphatic heterocycles. The molecule has 0 fully saturated rings. The summed E-state index contributed by atoms with van der Waals surface area (Å²) in [6.45, 7) is 7.05. The van der Waals surface area contributed by atoms with Crippen molar-refractivity contribution in [3.63, 3.8) is 0 Å². The minimum atomic E-state index is 0.907. The van der Waals surface area contributed by atoms with E-state index >= 15 is 0 Å². The molecule has 0 radical (unpaired) electrons. The Morgan fingerprint density at radius 2 is 1.86 bits per heavy atom. The summed E-state index contributed by atoms with van der Waals surface area (Å²) in [4.78, 5) is 0. The minimum absolute atomic E-state index is 0.907. The van der Waals surface area contributed by atoms with Gasteiger partial charge in [0, 0.05) is 18.7 Å². The van der Waals surface area contributed by atoms with Crippen molar-refractivity contribution in [3.05, 3.63) is 29.3 Å². The maximum absolute atomic E-state index is 3.41. The zero-order valence-electron chi connectivity index (χ0n) is 9.15. The highest BCUT2D eigenvalue weighted by molar-refractivity contribution is 5.56. The molecule has 0 spiro atoms. The van der Waals surface area contributed by atoms with Gasteiger partial charge in [0.15, 0.2) is 0 Å². The maximum Gasteiger partial charge on any atom is 0.0399 e. The zero-order chi connectivity index (χ0) is 10.4. The van der Waals surface area contributed by atoms with E-state index in [1.807, 2.05) is 6.92 Å². The molecule has 1 N–H and O–H groups in total. The molecule has 0 aromatic heterocycles. The summed E-state index contributed by atoms with van der Waals surface area (Å²) in [6, 6.07) is 6.34. The number of aryl methyl sites for hydroxylation is 2. The predicted octanol–water partition coefficient (Wildman–Crippen LogP) is 3.13. The normalized spacial score (nSPS) is 9.07. The second kappa shape index (κ2) is 5.34. The van der Waals surface area contributed by atoms with Crippen LogP contribution >= 0.6 is 0 Å². The van der Waals surface area contributed by atoms with E-state index in [0.29, 0.717) is 0 Å². The summed E-state index contributed by atoms with van der Waals surface area (Å²) in [5.74, 6) is 5.94.